The van der Waals surface area contributed by atoms with Crippen LogP contribution in [0.25, 0.3) is 0 Å². The van der Waals surface area contributed by atoms with Crippen molar-refractivity contribution in [2.24, 2.45) is 5.92 Å². The Kier molecular flexibility index (Phi) is 21.1. The average Bonchev–Trinajstić information content (AvgIpc) is 2.52. The van der Waals surface area contributed by atoms with Crippen LogP contribution < -0.4 is 0 Å². The molecule has 0 aromatic carbocycles. The minimum Gasteiger partial charge on any atom is -0.481 e. The van der Waals surface area contributed by atoms with E-state index in [4.69, 9.17) is 14.9 Å². The summed E-state index contributed by atoms with van der Waals surface area (Å²) < 4.78 is 4.92. The molecule has 8 nitrogen and oxygen atoms in total. The number of carbonyl (C=O) groups is 5. The number of carbonyl (C=O) groups excluding carboxylic acids is 3. The average molecular weight is 452 g/mol. The first-order valence-electron chi connectivity index (χ1n) is 8.29. The molecule has 148 valence electrons. The second-order valence-corrected chi connectivity index (χ2v) is 5.40. The molecule has 9 heteroatoms. The Morgan fingerprint density at radius 3 is 1.85 bits per heavy atom. The Morgan fingerprint density at radius 1 is 0.923 bits per heavy atom. The van der Waals surface area contributed by atoms with Crippen molar-refractivity contribution in [1.82, 2.24) is 0 Å². The molecule has 0 saturated carbocycles. The van der Waals surface area contributed by atoms with Gasteiger partial charge in [0.2, 0.25) is 5.78 Å². The van der Waals surface area contributed by atoms with Crippen LogP contribution in [0.5, 0.6) is 0 Å². The van der Waals surface area contributed by atoms with E-state index in [-0.39, 0.29) is 50.9 Å². The maximum Gasteiger partial charge on any atom is 0.372 e. The molecule has 0 aliphatic carbocycles. The van der Waals surface area contributed by atoms with Gasteiger partial charge in [-0.25, -0.2) is 4.79 Å². The second-order valence-electron chi connectivity index (χ2n) is 5.40. The van der Waals surface area contributed by atoms with Gasteiger partial charge in [0.15, 0.2) is 5.78 Å². The van der Waals surface area contributed by atoms with E-state index in [2.05, 4.69) is 0 Å². The number of hydrogen-bond acceptors (Lipinski definition) is 6. The summed E-state index contributed by atoms with van der Waals surface area (Å²) >= 11 is 0. The van der Waals surface area contributed by atoms with Gasteiger partial charge in [-0.15, -0.1) is 0 Å². The molecular weight excluding hydrogens is 423 g/mol. The van der Waals surface area contributed by atoms with E-state index in [0.717, 1.165) is 25.7 Å². The molecule has 0 aliphatic heterocycles. The van der Waals surface area contributed by atoms with Crippen LogP contribution in [0.4, 0.5) is 0 Å². The van der Waals surface area contributed by atoms with Gasteiger partial charge in [-0.1, -0.05) is 27.2 Å². The van der Waals surface area contributed by atoms with E-state index in [1.54, 1.807) is 0 Å². The fourth-order valence-corrected chi connectivity index (χ4v) is 1.78. The second kappa shape index (κ2) is 18.6. The maximum absolute atomic E-state index is 11.0. The Morgan fingerprint density at radius 2 is 1.46 bits per heavy atom. The number of carboxylic acids is 2. The molecule has 0 heterocycles. The molecular formula is C17H28O8Zr. The molecule has 0 spiro atoms. The molecule has 0 radical (unpaired) electrons. The molecule has 0 bridgehead atoms. The van der Waals surface area contributed by atoms with Crippen molar-refractivity contribution >= 4 is 29.3 Å². The van der Waals surface area contributed by atoms with Gasteiger partial charge in [0.25, 0.3) is 0 Å². The summed E-state index contributed by atoms with van der Waals surface area (Å²) in [5, 5.41) is 16.5. The van der Waals surface area contributed by atoms with Crippen molar-refractivity contribution in [2.75, 3.05) is 13.2 Å². The summed E-state index contributed by atoms with van der Waals surface area (Å²) in [6.45, 7) is 6.06. The molecule has 0 unspecified atom stereocenters. The fourth-order valence-electron chi connectivity index (χ4n) is 1.78. The number of hydrogen-bond donors (Lipinski definition) is 2. The van der Waals surface area contributed by atoms with E-state index in [0.29, 0.717) is 6.61 Å². The standard InChI is InChI=1S/C9H14O5.C8H14O3.Zr/c1-2-3-4-14-6-7(10)5-8(11)9(12)13;1-3-6(4-2)7(9)5-8(10)11;/h2-6H2,1H3,(H,12,13);6H,3-5H2,1-2H3,(H,10,11);. The third kappa shape index (κ3) is 17.6. The van der Waals surface area contributed by atoms with E-state index < -0.39 is 29.9 Å². The third-order valence-electron chi connectivity index (χ3n) is 3.27. The molecule has 0 rings (SSSR count). The number of unbranched alkanes of at least 4 members (excludes halogenated alkanes) is 1. The first-order chi connectivity index (χ1) is 11.7. The fraction of sp³-hybridized carbons (Fsp3) is 0.706. The number of carboxylic acid groups (broad SMARTS) is 2. The quantitative estimate of drug-likeness (QED) is 0.246. The van der Waals surface area contributed by atoms with Gasteiger partial charge in [0.1, 0.15) is 18.8 Å². The number of ketones is 3. The van der Waals surface area contributed by atoms with Crippen LogP contribution in [0.15, 0.2) is 0 Å². The summed E-state index contributed by atoms with van der Waals surface area (Å²) in [5.74, 6) is -4.40. The van der Waals surface area contributed by atoms with Crippen LogP contribution in [0.3, 0.4) is 0 Å². The SMILES string of the molecule is CCC(CC)C(=O)CC(=O)O.CCCCOCC(=O)CC(=O)C(=O)O.[Zr]. The molecule has 0 saturated heterocycles. The van der Waals surface area contributed by atoms with Crippen LogP contribution in [-0.2, 0) is 54.9 Å². The van der Waals surface area contributed by atoms with Gasteiger partial charge in [-0.3, -0.25) is 19.2 Å². The first kappa shape index (κ1) is 29.6. The normalized spacial score (nSPS) is 9.54. The van der Waals surface area contributed by atoms with Crippen molar-refractivity contribution in [2.45, 2.75) is 59.3 Å². The Hall–Kier alpha value is -1.21. The summed E-state index contributed by atoms with van der Waals surface area (Å²) in [4.78, 5) is 52.7. The number of ether oxygens (including phenoxy) is 1. The van der Waals surface area contributed by atoms with Gasteiger partial charge >= 0.3 is 11.9 Å². The zero-order valence-corrected chi connectivity index (χ0v) is 18.0. The van der Waals surface area contributed by atoms with E-state index in [1.807, 2.05) is 20.8 Å². The van der Waals surface area contributed by atoms with Crippen LogP contribution in [0.1, 0.15) is 59.3 Å². The van der Waals surface area contributed by atoms with Gasteiger partial charge in [-0.2, -0.15) is 0 Å². The predicted molar refractivity (Wildman–Crippen MR) is 89.3 cm³/mol. The summed E-state index contributed by atoms with van der Waals surface area (Å²) in [5.41, 5.74) is 0. The molecule has 0 aromatic heterocycles. The largest absolute Gasteiger partial charge is 0.481 e. The smallest absolute Gasteiger partial charge is 0.372 e. The number of aliphatic carboxylic acids is 2. The number of rotatable bonds is 13. The monoisotopic (exact) mass is 450 g/mol. The van der Waals surface area contributed by atoms with Crippen molar-refractivity contribution < 1.29 is 65.1 Å². The predicted octanol–water partition coefficient (Wildman–Crippen LogP) is 1.88. The maximum atomic E-state index is 11.0. The van der Waals surface area contributed by atoms with E-state index in [9.17, 15) is 24.0 Å². The van der Waals surface area contributed by atoms with E-state index >= 15 is 0 Å². The molecule has 0 atom stereocenters. The van der Waals surface area contributed by atoms with Gasteiger partial charge < -0.3 is 14.9 Å². The van der Waals surface area contributed by atoms with Crippen molar-refractivity contribution in [1.29, 1.82) is 0 Å². The zero-order chi connectivity index (χ0) is 19.8. The van der Waals surface area contributed by atoms with Crippen LogP contribution >= 0.6 is 0 Å². The molecule has 2 N–H and O–H groups in total. The Labute approximate surface area is 172 Å². The topological polar surface area (TPSA) is 135 Å². The Bertz CT molecular complexity index is 458. The van der Waals surface area contributed by atoms with Gasteiger partial charge in [-0.05, 0) is 19.3 Å². The third-order valence-corrected chi connectivity index (χ3v) is 3.27. The summed E-state index contributed by atoms with van der Waals surface area (Å²) in [7, 11) is 0. The van der Waals surface area contributed by atoms with Gasteiger partial charge in [0, 0.05) is 38.7 Å². The molecule has 0 fully saturated rings. The van der Waals surface area contributed by atoms with Crippen LogP contribution in [0.2, 0.25) is 0 Å². The van der Waals surface area contributed by atoms with Crippen molar-refractivity contribution in [3.8, 4) is 0 Å². The molecule has 0 aromatic rings. The molecule has 0 aliphatic rings. The van der Waals surface area contributed by atoms with Crippen molar-refractivity contribution in [3.05, 3.63) is 0 Å². The van der Waals surface area contributed by atoms with Gasteiger partial charge in [0.05, 0.1) is 6.42 Å². The molecule has 0 amide bonds. The zero-order valence-electron chi connectivity index (χ0n) is 15.6. The minimum atomic E-state index is -1.58. The summed E-state index contributed by atoms with van der Waals surface area (Å²) in [6.07, 6.45) is 2.38. The molecule has 26 heavy (non-hydrogen) atoms. The number of Topliss-reactive ketones (excluding diaryl/α,β-unsaturated/α-hetero) is 3. The van der Waals surface area contributed by atoms with Crippen molar-refractivity contribution in [3.63, 3.8) is 0 Å². The first-order valence-corrected chi connectivity index (χ1v) is 8.29. The minimum absolute atomic E-state index is 0. The van der Waals surface area contributed by atoms with Crippen LogP contribution in [-0.4, -0.2) is 52.7 Å². The van der Waals surface area contributed by atoms with Crippen LogP contribution in [0, 0.1) is 5.92 Å². The summed E-state index contributed by atoms with van der Waals surface area (Å²) in [6, 6.07) is 0. The Balaban J connectivity index is -0.000000402. The van der Waals surface area contributed by atoms with E-state index in [1.165, 1.54) is 0 Å².